The van der Waals surface area contributed by atoms with E-state index in [1.165, 1.54) is 0 Å². The molecular weight excluding hydrogens is 276 g/mol. The van der Waals surface area contributed by atoms with Crippen molar-refractivity contribution in [3.8, 4) is 6.07 Å². The fourth-order valence-electron chi connectivity index (χ4n) is 2.41. The maximum absolute atomic E-state index is 8.76. The molecule has 3 rings (SSSR count). The van der Waals surface area contributed by atoms with Crippen LogP contribution >= 0.6 is 0 Å². The smallest absolute Gasteiger partial charge is 0.130 e. The quantitative estimate of drug-likeness (QED) is 0.905. The first-order chi connectivity index (χ1) is 10.8. The van der Waals surface area contributed by atoms with Gasteiger partial charge in [-0.3, -0.25) is 0 Å². The molecule has 22 heavy (non-hydrogen) atoms. The second-order valence-electron chi connectivity index (χ2n) is 5.28. The maximum Gasteiger partial charge on any atom is 0.130 e. The van der Waals surface area contributed by atoms with Crippen LogP contribution in [0.5, 0.6) is 0 Å². The second kappa shape index (κ2) is 6.92. The number of benzene rings is 1. The largest absolute Gasteiger partial charge is 0.382 e. The highest BCUT2D eigenvalue weighted by molar-refractivity contribution is 5.60. The van der Waals surface area contributed by atoms with Crippen LogP contribution in [0.15, 0.2) is 42.6 Å². The molecule has 5 nitrogen and oxygen atoms in total. The minimum absolute atomic E-state index is 0.493. The molecule has 5 heteroatoms. The molecule has 0 bridgehead atoms. The molecule has 112 valence electrons. The topological polar surface area (TPSA) is 70.0 Å². The Balaban J connectivity index is 1.59. The highest BCUT2D eigenvalue weighted by Gasteiger charge is 2.12. The van der Waals surface area contributed by atoms with Crippen LogP contribution in [0, 0.1) is 11.3 Å². The van der Waals surface area contributed by atoms with Gasteiger partial charge in [0.25, 0.3) is 0 Å². The van der Waals surface area contributed by atoms with E-state index < -0.39 is 0 Å². The summed E-state index contributed by atoms with van der Waals surface area (Å²) in [5, 5.41) is 15.5. The Morgan fingerprint density at radius 3 is 2.41 bits per heavy atom. The molecule has 2 N–H and O–H groups in total. The number of nitriles is 1. The van der Waals surface area contributed by atoms with Gasteiger partial charge in [0.15, 0.2) is 0 Å². The fourth-order valence-corrected chi connectivity index (χ4v) is 2.41. The highest BCUT2D eigenvalue weighted by atomic mass is 16.5. The van der Waals surface area contributed by atoms with Gasteiger partial charge in [0.1, 0.15) is 11.9 Å². The lowest BCUT2D eigenvalue weighted by molar-refractivity contribution is 0.0904. The highest BCUT2D eigenvalue weighted by Crippen LogP contribution is 2.20. The molecule has 0 saturated carbocycles. The zero-order chi connectivity index (χ0) is 15.2. The van der Waals surface area contributed by atoms with Gasteiger partial charge in [-0.25, -0.2) is 4.98 Å². The van der Waals surface area contributed by atoms with Gasteiger partial charge in [-0.15, -0.1) is 0 Å². The second-order valence-corrected chi connectivity index (χ2v) is 5.28. The molecule has 0 radical (unpaired) electrons. The van der Waals surface area contributed by atoms with Crippen molar-refractivity contribution in [2.75, 3.05) is 23.8 Å². The number of nitrogens with zero attached hydrogens (tertiary/aromatic N) is 2. The summed E-state index contributed by atoms with van der Waals surface area (Å²) in [6.07, 6.45) is 3.66. The van der Waals surface area contributed by atoms with Crippen LogP contribution in [0.4, 0.5) is 17.2 Å². The van der Waals surface area contributed by atoms with Crippen molar-refractivity contribution in [2.24, 2.45) is 0 Å². The maximum atomic E-state index is 8.76. The summed E-state index contributed by atoms with van der Waals surface area (Å²) in [5.41, 5.74) is 2.64. The summed E-state index contributed by atoms with van der Waals surface area (Å²) in [5.74, 6) is 0.726. The van der Waals surface area contributed by atoms with E-state index in [2.05, 4.69) is 33.8 Å². The van der Waals surface area contributed by atoms with Crippen LogP contribution in [0.25, 0.3) is 0 Å². The first kappa shape index (κ1) is 14.4. The lowest BCUT2D eigenvalue weighted by Gasteiger charge is -2.24. The zero-order valence-corrected chi connectivity index (χ0v) is 12.2. The van der Waals surface area contributed by atoms with Crippen LogP contribution in [0.1, 0.15) is 18.4 Å². The van der Waals surface area contributed by atoms with Crippen LogP contribution in [0.2, 0.25) is 0 Å². The minimum atomic E-state index is 0.493. The molecule has 1 fully saturated rings. The number of ether oxygens (including phenoxy) is 1. The Morgan fingerprint density at radius 1 is 1.05 bits per heavy atom. The van der Waals surface area contributed by atoms with E-state index in [9.17, 15) is 0 Å². The summed E-state index contributed by atoms with van der Waals surface area (Å²) in [6.45, 7) is 1.67. The van der Waals surface area contributed by atoms with Crippen molar-refractivity contribution in [1.82, 2.24) is 4.98 Å². The molecule has 0 amide bonds. The summed E-state index contributed by atoms with van der Waals surface area (Å²) < 4.78 is 5.36. The molecule has 0 atom stereocenters. The predicted octanol–water partition coefficient (Wildman–Crippen LogP) is 3.29. The van der Waals surface area contributed by atoms with Crippen molar-refractivity contribution in [3.63, 3.8) is 0 Å². The third kappa shape index (κ3) is 3.74. The van der Waals surface area contributed by atoms with E-state index in [4.69, 9.17) is 10.00 Å². The van der Waals surface area contributed by atoms with Crippen LogP contribution < -0.4 is 10.6 Å². The summed E-state index contributed by atoms with van der Waals surface area (Å²) in [4.78, 5) is 4.20. The number of pyridine rings is 1. The van der Waals surface area contributed by atoms with Crippen LogP contribution in [-0.2, 0) is 4.74 Å². The minimum Gasteiger partial charge on any atom is -0.382 e. The number of aromatic nitrogens is 1. The molecule has 2 aromatic rings. The Bertz CT molecular complexity index is 640. The molecule has 2 heterocycles. The third-order valence-electron chi connectivity index (χ3n) is 3.64. The van der Waals surface area contributed by atoms with E-state index in [-0.39, 0.29) is 0 Å². The van der Waals surface area contributed by atoms with E-state index in [1.807, 2.05) is 12.1 Å². The van der Waals surface area contributed by atoms with E-state index in [0.29, 0.717) is 11.6 Å². The van der Waals surface area contributed by atoms with Crippen molar-refractivity contribution in [1.29, 1.82) is 5.26 Å². The van der Waals surface area contributed by atoms with E-state index >= 15 is 0 Å². The first-order valence-electron chi connectivity index (χ1n) is 7.41. The van der Waals surface area contributed by atoms with Crippen LogP contribution in [0.3, 0.4) is 0 Å². The molecule has 1 aromatic carbocycles. The summed E-state index contributed by atoms with van der Waals surface area (Å²) >= 11 is 0. The lowest BCUT2D eigenvalue weighted by atomic mass is 10.1. The lowest BCUT2D eigenvalue weighted by Crippen LogP contribution is -2.27. The molecule has 1 aromatic heterocycles. The van der Waals surface area contributed by atoms with Crippen molar-refractivity contribution < 1.29 is 4.74 Å². The van der Waals surface area contributed by atoms with Gasteiger partial charge in [0, 0.05) is 36.8 Å². The molecule has 1 aliphatic rings. The third-order valence-corrected chi connectivity index (χ3v) is 3.64. The van der Waals surface area contributed by atoms with Gasteiger partial charge in [-0.1, -0.05) is 0 Å². The van der Waals surface area contributed by atoms with Gasteiger partial charge < -0.3 is 15.4 Å². The number of anilines is 3. The van der Waals surface area contributed by atoms with Gasteiger partial charge in [-0.05, 0) is 49.2 Å². The van der Waals surface area contributed by atoms with Gasteiger partial charge in [-0.2, -0.15) is 5.26 Å². The van der Waals surface area contributed by atoms with E-state index in [1.54, 1.807) is 18.3 Å². The van der Waals surface area contributed by atoms with Crippen molar-refractivity contribution >= 4 is 17.2 Å². The number of hydrogen-bond acceptors (Lipinski definition) is 5. The monoisotopic (exact) mass is 294 g/mol. The molecule has 0 unspecified atom stereocenters. The van der Waals surface area contributed by atoms with Gasteiger partial charge in [0.05, 0.1) is 5.56 Å². The normalized spacial score (nSPS) is 15.0. The Labute approximate surface area is 129 Å². The molecule has 1 saturated heterocycles. The first-order valence-corrected chi connectivity index (χ1v) is 7.41. The predicted molar refractivity (Wildman–Crippen MR) is 86.1 cm³/mol. The van der Waals surface area contributed by atoms with Crippen molar-refractivity contribution in [3.05, 3.63) is 48.2 Å². The molecule has 1 aliphatic heterocycles. The Kier molecular flexibility index (Phi) is 4.52. The molecule has 0 aliphatic carbocycles. The van der Waals surface area contributed by atoms with Crippen LogP contribution in [-0.4, -0.2) is 24.2 Å². The van der Waals surface area contributed by atoms with Gasteiger partial charge >= 0.3 is 0 Å². The number of rotatable bonds is 4. The number of hydrogen-bond donors (Lipinski definition) is 2. The van der Waals surface area contributed by atoms with Crippen molar-refractivity contribution in [2.45, 2.75) is 18.9 Å². The standard InChI is InChI=1S/C17H18N4O/c18-11-13-1-6-17(19-12-13)21-15-4-2-14(3-5-15)20-16-7-9-22-10-8-16/h1-6,12,16,20H,7-10H2,(H,19,21). The van der Waals surface area contributed by atoms with Gasteiger partial charge in [0.2, 0.25) is 0 Å². The zero-order valence-electron chi connectivity index (χ0n) is 12.2. The fraction of sp³-hybridized carbons (Fsp3) is 0.294. The molecular formula is C17H18N4O. The SMILES string of the molecule is N#Cc1ccc(Nc2ccc(NC3CCOCC3)cc2)nc1. The average molecular weight is 294 g/mol. The Hall–Kier alpha value is -2.58. The number of nitrogens with one attached hydrogen (secondary N) is 2. The summed E-state index contributed by atoms with van der Waals surface area (Å²) in [6, 6.07) is 14.2. The van der Waals surface area contributed by atoms with E-state index in [0.717, 1.165) is 43.2 Å². The molecule has 0 spiro atoms. The average Bonchev–Trinajstić information content (AvgIpc) is 2.58. The Morgan fingerprint density at radius 2 is 1.77 bits per heavy atom. The summed E-state index contributed by atoms with van der Waals surface area (Å²) in [7, 11) is 0.